The number of hydrogen-bond donors (Lipinski definition) is 1. The number of hydrogen-bond acceptors (Lipinski definition) is 9. The van der Waals surface area contributed by atoms with Gasteiger partial charge in [0.15, 0.2) is 0 Å². The quantitative estimate of drug-likeness (QED) is 0.414. The van der Waals surface area contributed by atoms with Gasteiger partial charge >= 0.3 is 10.2 Å². The lowest BCUT2D eigenvalue weighted by atomic mass is 10.1. The summed E-state index contributed by atoms with van der Waals surface area (Å²) in [6, 6.07) is 9.94. The summed E-state index contributed by atoms with van der Waals surface area (Å²) in [5.74, 6) is 1.55. The zero-order valence-electron chi connectivity index (χ0n) is 22.0. The van der Waals surface area contributed by atoms with Crippen molar-refractivity contribution in [3.05, 3.63) is 78.7 Å². The summed E-state index contributed by atoms with van der Waals surface area (Å²) < 4.78 is 67.1. The Bertz CT molecular complexity index is 1500. The molecule has 2 aromatic rings. The van der Waals surface area contributed by atoms with Crippen molar-refractivity contribution in [2.45, 2.75) is 31.8 Å². The maximum atomic E-state index is 12.0. The predicted molar refractivity (Wildman–Crippen MR) is 150 cm³/mol. The number of amides is 1. The van der Waals surface area contributed by atoms with Crippen LogP contribution in [0.15, 0.2) is 78.7 Å². The molecule has 1 aromatic heterocycles. The van der Waals surface area contributed by atoms with E-state index >= 15 is 0 Å². The van der Waals surface area contributed by atoms with Crippen LogP contribution in [0.25, 0.3) is 0 Å². The zero-order chi connectivity index (χ0) is 28.8. The summed E-state index contributed by atoms with van der Waals surface area (Å²) in [6.07, 6.45) is 10.6. The topological polar surface area (TPSA) is 141 Å². The molecule has 0 spiro atoms. The molecule has 1 aliphatic heterocycles. The van der Waals surface area contributed by atoms with Gasteiger partial charge in [-0.15, -0.1) is 0 Å². The summed E-state index contributed by atoms with van der Waals surface area (Å²) in [5.41, 5.74) is 1.16. The Morgan fingerprint density at radius 1 is 1.15 bits per heavy atom. The zero-order valence-corrected chi connectivity index (χ0v) is 23.6. The maximum Gasteiger partial charge on any atom is 0.326 e. The molecule has 0 bridgehead atoms. The molecular formula is C27H31N3O8S2. The number of allylic oxidation sites excluding steroid dienone is 3. The van der Waals surface area contributed by atoms with E-state index in [9.17, 15) is 21.6 Å². The molecule has 1 fully saturated rings. The van der Waals surface area contributed by atoms with Crippen LogP contribution in [0.5, 0.6) is 17.4 Å². The number of carbonyl (C=O) groups is 1. The van der Waals surface area contributed by atoms with Crippen LogP contribution in [-0.4, -0.2) is 59.0 Å². The van der Waals surface area contributed by atoms with Crippen molar-refractivity contribution in [1.82, 2.24) is 9.71 Å². The number of carbonyl (C=O) groups excluding carboxylic acids is 1. The molecule has 1 atom stereocenters. The van der Waals surface area contributed by atoms with E-state index in [1.54, 1.807) is 36.4 Å². The summed E-state index contributed by atoms with van der Waals surface area (Å²) in [7, 11) is -6.88. The molecule has 2 heterocycles. The largest absolute Gasteiger partial charge is 0.490 e. The molecule has 2 aliphatic rings. The minimum Gasteiger partial charge on any atom is -0.490 e. The summed E-state index contributed by atoms with van der Waals surface area (Å²) in [4.78, 5) is 15.7. The molecule has 1 N–H and O–H groups in total. The number of nitrogens with zero attached hydrogens (tertiary/aromatic N) is 2. The van der Waals surface area contributed by atoms with Crippen molar-refractivity contribution in [2.24, 2.45) is 0 Å². The number of nitrogens with one attached hydrogen (secondary N) is 1. The molecule has 0 saturated carbocycles. The first-order valence-electron chi connectivity index (χ1n) is 12.6. The van der Waals surface area contributed by atoms with E-state index in [-0.39, 0.29) is 25.0 Å². The normalized spacial score (nSPS) is 20.0. The molecule has 0 radical (unpaired) electrons. The Labute approximate surface area is 234 Å². The van der Waals surface area contributed by atoms with E-state index in [0.717, 1.165) is 9.88 Å². The van der Waals surface area contributed by atoms with Gasteiger partial charge in [0.05, 0.1) is 24.2 Å². The smallest absolute Gasteiger partial charge is 0.326 e. The number of benzene rings is 1. The highest BCUT2D eigenvalue weighted by Crippen LogP contribution is 2.27. The minimum absolute atomic E-state index is 0.0579. The van der Waals surface area contributed by atoms with Gasteiger partial charge in [-0.1, -0.05) is 18.7 Å². The molecule has 13 heteroatoms. The fourth-order valence-corrected chi connectivity index (χ4v) is 5.78. The van der Waals surface area contributed by atoms with Crippen molar-refractivity contribution in [3.8, 4) is 17.4 Å². The standard InChI is InChI=1S/C27H31N3O8S2/c1-20-8-11-22(37-23-12-9-21(10-13-23)30-19-26(31)29-40(30,34)35)6-3-4-7-25(20)38-24-14-15-27(28-18-24)36-16-5-17-39(2,32)33/h3-4,7,9-10,12-15,18,22H,1,5-6,8,11,16-17,19H2,2H3,(H,29,31)/b4-3-,25-7?/t22-/m0/s1. The van der Waals surface area contributed by atoms with Crippen LogP contribution in [0, 0.1) is 0 Å². The van der Waals surface area contributed by atoms with Crippen molar-refractivity contribution in [2.75, 3.05) is 29.5 Å². The second-order valence-electron chi connectivity index (χ2n) is 9.37. The van der Waals surface area contributed by atoms with Gasteiger partial charge in [0.25, 0.3) is 5.91 Å². The Kier molecular flexibility index (Phi) is 9.15. The molecule has 1 saturated heterocycles. The van der Waals surface area contributed by atoms with Gasteiger partial charge < -0.3 is 14.2 Å². The summed E-state index contributed by atoms with van der Waals surface area (Å²) >= 11 is 0. The highest BCUT2D eigenvalue weighted by Gasteiger charge is 2.33. The van der Waals surface area contributed by atoms with E-state index in [1.807, 2.05) is 23.0 Å². The lowest BCUT2D eigenvalue weighted by Gasteiger charge is -2.20. The molecular weight excluding hydrogens is 558 g/mol. The Hall–Kier alpha value is -3.84. The molecule has 1 amide bonds. The van der Waals surface area contributed by atoms with Crippen molar-refractivity contribution >= 4 is 31.6 Å². The van der Waals surface area contributed by atoms with Gasteiger partial charge in [-0.05, 0) is 61.2 Å². The monoisotopic (exact) mass is 589 g/mol. The van der Waals surface area contributed by atoms with Gasteiger partial charge in [0.2, 0.25) is 5.88 Å². The lowest BCUT2D eigenvalue weighted by molar-refractivity contribution is -0.117. The summed E-state index contributed by atoms with van der Waals surface area (Å²) in [6.45, 7) is 4.16. The number of sulfone groups is 1. The average molecular weight is 590 g/mol. The van der Waals surface area contributed by atoms with Crippen LogP contribution in [0.3, 0.4) is 0 Å². The van der Waals surface area contributed by atoms with Gasteiger partial charge in [-0.2, -0.15) is 8.42 Å². The molecule has 40 heavy (non-hydrogen) atoms. The fourth-order valence-electron chi connectivity index (χ4n) is 3.99. The van der Waals surface area contributed by atoms with Gasteiger partial charge in [0, 0.05) is 18.7 Å². The predicted octanol–water partition coefficient (Wildman–Crippen LogP) is 3.08. The molecule has 4 rings (SSSR count). The SMILES string of the molecule is C=C1CC[C@@H](Oc2ccc(N3CC(=O)NS3(=O)=O)cc2)C/C=C\C=C1Oc1ccc(OCCCS(C)(=O)=O)nc1. The summed E-state index contributed by atoms with van der Waals surface area (Å²) in [5, 5.41) is 0. The molecule has 214 valence electrons. The van der Waals surface area contributed by atoms with Crippen molar-refractivity contribution < 1.29 is 35.8 Å². The van der Waals surface area contributed by atoms with Gasteiger partial charge in [-0.3, -0.25) is 4.79 Å². The van der Waals surface area contributed by atoms with E-state index in [4.69, 9.17) is 14.2 Å². The van der Waals surface area contributed by atoms with E-state index in [1.165, 1.54) is 12.5 Å². The third-order valence-electron chi connectivity index (χ3n) is 5.99. The maximum absolute atomic E-state index is 12.0. The lowest BCUT2D eigenvalue weighted by Crippen LogP contribution is -2.29. The third kappa shape index (κ3) is 8.33. The molecule has 11 nitrogen and oxygen atoms in total. The van der Waals surface area contributed by atoms with Crippen LogP contribution in [0.4, 0.5) is 5.69 Å². The molecule has 0 unspecified atom stereocenters. The van der Waals surface area contributed by atoms with Crippen LogP contribution >= 0.6 is 0 Å². The van der Waals surface area contributed by atoms with Crippen molar-refractivity contribution in [1.29, 1.82) is 0 Å². The van der Waals surface area contributed by atoms with E-state index < -0.39 is 26.0 Å². The van der Waals surface area contributed by atoms with E-state index in [2.05, 4.69) is 11.6 Å². The highest BCUT2D eigenvalue weighted by atomic mass is 32.2. The van der Waals surface area contributed by atoms with Crippen LogP contribution < -0.4 is 23.2 Å². The Balaban J connectivity index is 1.28. The first-order valence-corrected chi connectivity index (χ1v) is 16.1. The average Bonchev–Trinajstić information content (AvgIpc) is 3.21. The van der Waals surface area contributed by atoms with E-state index in [0.29, 0.717) is 54.5 Å². The van der Waals surface area contributed by atoms with Gasteiger partial charge in [0.1, 0.15) is 39.7 Å². The number of rotatable bonds is 10. The Morgan fingerprint density at radius 2 is 1.90 bits per heavy atom. The number of pyridine rings is 1. The number of anilines is 1. The second-order valence-corrected chi connectivity index (χ2v) is 13.2. The fraction of sp³-hybridized carbons (Fsp3) is 0.333. The number of ether oxygens (including phenoxy) is 3. The first-order chi connectivity index (χ1) is 19.0. The van der Waals surface area contributed by atoms with Crippen LogP contribution in [-0.2, 0) is 24.8 Å². The molecule has 1 aliphatic carbocycles. The number of aromatic nitrogens is 1. The van der Waals surface area contributed by atoms with Crippen molar-refractivity contribution in [3.63, 3.8) is 0 Å². The second kappa shape index (κ2) is 12.6. The molecule has 1 aromatic carbocycles. The highest BCUT2D eigenvalue weighted by molar-refractivity contribution is 7.92. The van der Waals surface area contributed by atoms with Crippen LogP contribution in [0.2, 0.25) is 0 Å². The van der Waals surface area contributed by atoms with Crippen LogP contribution in [0.1, 0.15) is 25.7 Å². The van der Waals surface area contributed by atoms with Gasteiger partial charge in [-0.25, -0.2) is 22.4 Å². The minimum atomic E-state index is -3.86. The Morgan fingerprint density at radius 3 is 2.55 bits per heavy atom. The first kappa shape index (κ1) is 29.2. The third-order valence-corrected chi connectivity index (χ3v) is 8.43.